The fraction of sp³-hybridized carbons (Fsp3) is 0. The number of hydrogen-bond donors (Lipinski definition) is 2. The number of anilines is 3. The maximum atomic E-state index is 13.0. The molecule has 3 N–H and O–H groups in total. The molecule has 0 amide bonds. The molecule has 0 saturated heterocycles. The molecule has 0 saturated carbocycles. The zero-order valence-corrected chi connectivity index (χ0v) is 11.2. The monoisotopic (exact) mass is 293 g/mol. The molecule has 0 atom stereocenters. The Morgan fingerprint density at radius 1 is 1.21 bits per heavy atom. The summed E-state index contributed by atoms with van der Waals surface area (Å²) in [5.74, 6) is -0.376. The molecule has 6 heteroatoms. The highest BCUT2D eigenvalue weighted by atomic mass is 35.5. The van der Waals surface area contributed by atoms with Crippen molar-refractivity contribution in [2.75, 3.05) is 11.1 Å². The summed E-state index contributed by atoms with van der Waals surface area (Å²) >= 11 is 7.50. The minimum Gasteiger partial charge on any atom is -0.395 e. The van der Waals surface area contributed by atoms with Crippen LogP contribution in [0.4, 0.5) is 21.5 Å². The van der Waals surface area contributed by atoms with Crippen molar-refractivity contribution >= 4 is 50.2 Å². The summed E-state index contributed by atoms with van der Waals surface area (Å²) < 4.78 is 14.0. The van der Waals surface area contributed by atoms with E-state index in [1.165, 1.54) is 23.5 Å². The van der Waals surface area contributed by atoms with Crippen molar-refractivity contribution in [2.24, 2.45) is 0 Å². The van der Waals surface area contributed by atoms with Crippen LogP contribution in [-0.2, 0) is 0 Å². The van der Waals surface area contributed by atoms with Crippen LogP contribution in [0.1, 0.15) is 0 Å². The van der Waals surface area contributed by atoms with E-state index in [0.29, 0.717) is 22.1 Å². The summed E-state index contributed by atoms with van der Waals surface area (Å²) in [6.07, 6.45) is 0. The van der Waals surface area contributed by atoms with Crippen LogP contribution < -0.4 is 11.1 Å². The van der Waals surface area contributed by atoms with Gasteiger partial charge in [-0.15, -0.1) is 11.3 Å². The van der Waals surface area contributed by atoms with E-state index in [1.54, 1.807) is 11.6 Å². The fourth-order valence-electron chi connectivity index (χ4n) is 1.80. The highest BCUT2D eigenvalue weighted by Crippen LogP contribution is 2.33. The lowest BCUT2D eigenvalue weighted by Crippen LogP contribution is -1.97. The average Bonchev–Trinajstić information content (AvgIpc) is 2.85. The molecular weight excluding hydrogens is 285 g/mol. The van der Waals surface area contributed by atoms with Crippen molar-refractivity contribution in [3.63, 3.8) is 0 Å². The SMILES string of the molecule is Nc1c(Nc2ccc(F)cc2Cl)ccc2scnc12. The molecule has 0 unspecified atom stereocenters. The molecule has 2 aromatic carbocycles. The van der Waals surface area contributed by atoms with Gasteiger partial charge in [0.2, 0.25) is 0 Å². The molecule has 19 heavy (non-hydrogen) atoms. The summed E-state index contributed by atoms with van der Waals surface area (Å²) in [6.45, 7) is 0. The number of halogens is 2. The minimum absolute atomic E-state index is 0.303. The van der Waals surface area contributed by atoms with Gasteiger partial charge in [-0.05, 0) is 30.3 Å². The van der Waals surface area contributed by atoms with Gasteiger partial charge in [-0.25, -0.2) is 9.37 Å². The quantitative estimate of drug-likeness (QED) is 0.688. The Morgan fingerprint density at radius 2 is 2.00 bits per heavy atom. The van der Waals surface area contributed by atoms with Gasteiger partial charge in [-0.3, -0.25) is 0 Å². The van der Waals surface area contributed by atoms with Gasteiger partial charge in [0.1, 0.15) is 11.3 Å². The maximum Gasteiger partial charge on any atom is 0.124 e. The Labute approximate surface area is 117 Å². The molecule has 1 heterocycles. The van der Waals surface area contributed by atoms with Gasteiger partial charge in [-0.2, -0.15) is 0 Å². The molecule has 0 bridgehead atoms. The largest absolute Gasteiger partial charge is 0.395 e. The minimum atomic E-state index is -0.376. The van der Waals surface area contributed by atoms with Crippen molar-refractivity contribution in [2.45, 2.75) is 0 Å². The number of rotatable bonds is 2. The summed E-state index contributed by atoms with van der Waals surface area (Å²) in [7, 11) is 0. The third-order valence-corrected chi connectivity index (χ3v) is 3.85. The number of thiazole rings is 1. The molecule has 0 fully saturated rings. The standard InChI is InChI=1S/C13H9ClFN3S/c14-8-5-7(15)1-2-9(8)18-10-3-4-11-13(12(10)16)17-6-19-11/h1-6,18H,16H2. The fourth-order valence-corrected chi connectivity index (χ4v) is 2.70. The molecule has 0 aliphatic carbocycles. The van der Waals surface area contributed by atoms with Gasteiger partial charge in [0.15, 0.2) is 0 Å². The molecular formula is C13H9ClFN3S. The number of nitrogens with two attached hydrogens (primary N) is 1. The van der Waals surface area contributed by atoms with Crippen molar-refractivity contribution < 1.29 is 4.39 Å². The zero-order valence-electron chi connectivity index (χ0n) is 9.65. The first kappa shape index (κ1) is 12.2. The van der Waals surface area contributed by atoms with Gasteiger partial charge >= 0.3 is 0 Å². The van der Waals surface area contributed by atoms with Crippen molar-refractivity contribution in [1.82, 2.24) is 4.98 Å². The average molecular weight is 294 g/mol. The van der Waals surface area contributed by atoms with Crippen molar-refractivity contribution in [3.8, 4) is 0 Å². The summed E-state index contributed by atoms with van der Waals surface area (Å²) in [5, 5.41) is 3.39. The van der Waals surface area contributed by atoms with E-state index >= 15 is 0 Å². The normalized spacial score (nSPS) is 10.8. The Kier molecular flexibility index (Phi) is 3.00. The third-order valence-electron chi connectivity index (χ3n) is 2.74. The van der Waals surface area contributed by atoms with Gasteiger partial charge in [0.25, 0.3) is 0 Å². The lowest BCUT2D eigenvalue weighted by molar-refractivity contribution is 0.628. The van der Waals surface area contributed by atoms with Gasteiger partial charge in [0, 0.05) is 0 Å². The Morgan fingerprint density at radius 3 is 2.79 bits per heavy atom. The van der Waals surface area contributed by atoms with E-state index in [-0.39, 0.29) is 5.82 Å². The number of benzene rings is 2. The predicted molar refractivity (Wildman–Crippen MR) is 78.7 cm³/mol. The highest BCUT2D eigenvalue weighted by Gasteiger charge is 2.09. The third kappa shape index (κ3) is 2.22. The van der Waals surface area contributed by atoms with Gasteiger partial charge in [0.05, 0.1) is 32.3 Å². The van der Waals surface area contributed by atoms with Gasteiger partial charge < -0.3 is 11.1 Å². The van der Waals surface area contributed by atoms with Crippen molar-refractivity contribution in [1.29, 1.82) is 0 Å². The number of nitrogen functional groups attached to an aromatic ring is 1. The molecule has 1 aromatic heterocycles. The maximum absolute atomic E-state index is 13.0. The predicted octanol–water partition coefficient (Wildman–Crippen LogP) is 4.41. The second kappa shape index (κ2) is 4.68. The number of fused-ring (bicyclic) bond motifs is 1. The van der Waals surface area contributed by atoms with Crippen LogP contribution in [0.5, 0.6) is 0 Å². The first-order valence-electron chi connectivity index (χ1n) is 5.49. The Balaban J connectivity index is 2.03. The Bertz CT molecular complexity index is 757. The van der Waals surface area contributed by atoms with E-state index in [1.807, 2.05) is 12.1 Å². The van der Waals surface area contributed by atoms with Crippen molar-refractivity contribution in [3.05, 3.63) is 46.7 Å². The zero-order chi connectivity index (χ0) is 13.4. The number of aromatic nitrogens is 1. The molecule has 0 radical (unpaired) electrons. The van der Waals surface area contributed by atoms with Crippen LogP contribution in [0.3, 0.4) is 0 Å². The number of hydrogen-bond acceptors (Lipinski definition) is 4. The number of nitrogens with one attached hydrogen (secondary N) is 1. The van der Waals surface area contributed by atoms with Crippen LogP contribution in [-0.4, -0.2) is 4.98 Å². The lowest BCUT2D eigenvalue weighted by atomic mass is 10.2. The molecule has 96 valence electrons. The van der Waals surface area contributed by atoms with E-state index < -0.39 is 0 Å². The van der Waals surface area contributed by atoms with E-state index in [0.717, 1.165) is 10.2 Å². The van der Waals surface area contributed by atoms with Crippen LogP contribution in [0.15, 0.2) is 35.8 Å². The second-order valence-electron chi connectivity index (χ2n) is 3.98. The first-order valence-corrected chi connectivity index (χ1v) is 6.74. The van der Waals surface area contributed by atoms with E-state index in [2.05, 4.69) is 10.3 Å². The van der Waals surface area contributed by atoms with Crippen LogP contribution in [0.25, 0.3) is 10.2 Å². The molecule has 0 spiro atoms. The van der Waals surface area contributed by atoms with Crippen LogP contribution in [0, 0.1) is 5.82 Å². The van der Waals surface area contributed by atoms with Gasteiger partial charge in [-0.1, -0.05) is 11.6 Å². The molecule has 3 aromatic rings. The summed E-state index contributed by atoms with van der Waals surface area (Å²) in [4.78, 5) is 4.22. The molecule has 0 aliphatic heterocycles. The molecule has 3 rings (SSSR count). The smallest absolute Gasteiger partial charge is 0.124 e. The Hall–Kier alpha value is -1.85. The molecule has 3 nitrogen and oxygen atoms in total. The number of nitrogens with zero attached hydrogens (tertiary/aromatic N) is 1. The van der Waals surface area contributed by atoms with Crippen LogP contribution >= 0.6 is 22.9 Å². The molecule has 0 aliphatic rings. The lowest BCUT2D eigenvalue weighted by Gasteiger charge is -2.11. The first-order chi connectivity index (χ1) is 9.15. The van der Waals surface area contributed by atoms with E-state index in [4.69, 9.17) is 17.3 Å². The topological polar surface area (TPSA) is 50.9 Å². The summed E-state index contributed by atoms with van der Waals surface area (Å²) in [5.41, 5.74) is 10.4. The van der Waals surface area contributed by atoms with Crippen LogP contribution in [0.2, 0.25) is 5.02 Å². The van der Waals surface area contributed by atoms with E-state index in [9.17, 15) is 4.39 Å². The summed E-state index contributed by atoms with van der Waals surface area (Å²) in [6, 6.07) is 7.95. The highest BCUT2D eigenvalue weighted by molar-refractivity contribution is 7.16. The second-order valence-corrected chi connectivity index (χ2v) is 5.27.